The molecule has 1 aromatic carbocycles. The van der Waals surface area contributed by atoms with Crippen LogP contribution in [0.15, 0.2) is 18.2 Å². The van der Waals surface area contributed by atoms with Crippen molar-refractivity contribution >= 4 is 5.91 Å². The fourth-order valence-electron chi connectivity index (χ4n) is 2.45. The maximum atomic E-state index is 12.4. The number of carbonyl (C=O) groups is 1. The third-order valence-corrected chi connectivity index (χ3v) is 3.81. The van der Waals surface area contributed by atoms with Gasteiger partial charge >= 0.3 is 6.61 Å². The second-order valence-electron chi connectivity index (χ2n) is 5.54. The van der Waals surface area contributed by atoms with E-state index in [1.165, 1.54) is 6.07 Å². The van der Waals surface area contributed by atoms with Crippen LogP contribution < -0.4 is 20.5 Å². The number of benzene rings is 1. The first kappa shape index (κ1) is 18.4. The van der Waals surface area contributed by atoms with Gasteiger partial charge in [-0.15, -0.1) is 0 Å². The summed E-state index contributed by atoms with van der Waals surface area (Å²) in [6.45, 7) is 0.245. The number of alkyl halides is 2. The molecule has 1 aliphatic rings. The van der Waals surface area contributed by atoms with Crippen molar-refractivity contribution in [3.63, 3.8) is 0 Å². The highest BCUT2D eigenvalue weighted by molar-refractivity contribution is 5.86. The molecule has 0 aliphatic carbocycles. The van der Waals surface area contributed by atoms with Crippen molar-refractivity contribution < 1.29 is 27.8 Å². The Morgan fingerprint density at radius 1 is 1.38 bits per heavy atom. The first-order chi connectivity index (χ1) is 11.4. The lowest BCUT2D eigenvalue weighted by atomic mass is 9.90. The van der Waals surface area contributed by atoms with E-state index in [1.54, 1.807) is 19.1 Å². The van der Waals surface area contributed by atoms with Crippen molar-refractivity contribution in [2.75, 3.05) is 19.8 Å². The molecule has 1 aliphatic heterocycles. The average molecular weight is 344 g/mol. The quantitative estimate of drug-likeness (QED) is 0.788. The van der Waals surface area contributed by atoms with E-state index in [4.69, 9.17) is 15.2 Å². The van der Waals surface area contributed by atoms with Gasteiger partial charge in [0.15, 0.2) is 11.5 Å². The topological polar surface area (TPSA) is 82.8 Å². The van der Waals surface area contributed by atoms with E-state index in [9.17, 15) is 13.6 Å². The van der Waals surface area contributed by atoms with E-state index in [0.717, 1.165) is 0 Å². The molecule has 1 aromatic rings. The zero-order valence-corrected chi connectivity index (χ0v) is 13.5. The molecule has 3 N–H and O–H groups in total. The third kappa shape index (κ3) is 4.78. The van der Waals surface area contributed by atoms with Crippen molar-refractivity contribution in [2.45, 2.75) is 38.5 Å². The van der Waals surface area contributed by atoms with Crippen molar-refractivity contribution in [1.82, 2.24) is 5.32 Å². The van der Waals surface area contributed by atoms with Crippen molar-refractivity contribution in [3.8, 4) is 11.5 Å². The standard InChI is InChI=1S/C16H22F2N2O4/c1-2-23-13-9-11(3-4-12(13)24-15(17)18)10-20-14(21)16(19)5-7-22-8-6-16/h3-4,9,15H,2,5-8,10,19H2,1H3,(H,20,21). The highest BCUT2D eigenvalue weighted by Crippen LogP contribution is 2.30. The molecule has 8 heteroatoms. The van der Waals surface area contributed by atoms with Gasteiger partial charge in [-0.3, -0.25) is 4.79 Å². The van der Waals surface area contributed by atoms with Crippen LogP contribution in [0.2, 0.25) is 0 Å². The largest absolute Gasteiger partial charge is 0.490 e. The minimum absolute atomic E-state index is 0.0401. The van der Waals surface area contributed by atoms with Crippen LogP contribution in [0.1, 0.15) is 25.3 Å². The van der Waals surface area contributed by atoms with E-state index in [1.807, 2.05) is 0 Å². The van der Waals surface area contributed by atoms with Gasteiger partial charge < -0.3 is 25.3 Å². The lowest BCUT2D eigenvalue weighted by molar-refractivity contribution is -0.129. The summed E-state index contributed by atoms with van der Waals surface area (Å²) >= 11 is 0. The van der Waals surface area contributed by atoms with E-state index in [0.29, 0.717) is 38.2 Å². The van der Waals surface area contributed by atoms with Gasteiger partial charge in [-0.05, 0) is 37.5 Å². The van der Waals surface area contributed by atoms with Crippen LogP contribution in [0.25, 0.3) is 0 Å². The fraction of sp³-hybridized carbons (Fsp3) is 0.562. The molecule has 0 unspecified atom stereocenters. The molecule has 24 heavy (non-hydrogen) atoms. The Balaban J connectivity index is 2.01. The summed E-state index contributed by atoms with van der Waals surface area (Å²) in [4.78, 5) is 12.3. The fourth-order valence-corrected chi connectivity index (χ4v) is 2.45. The summed E-state index contributed by atoms with van der Waals surface area (Å²) in [7, 11) is 0. The molecule has 0 aromatic heterocycles. The van der Waals surface area contributed by atoms with Crippen molar-refractivity contribution in [1.29, 1.82) is 0 Å². The molecule has 0 atom stereocenters. The SMILES string of the molecule is CCOc1cc(CNC(=O)C2(N)CCOCC2)ccc1OC(F)F. The second kappa shape index (κ2) is 8.25. The van der Waals surface area contributed by atoms with Crippen LogP contribution in [0.4, 0.5) is 8.78 Å². The number of ether oxygens (including phenoxy) is 3. The van der Waals surface area contributed by atoms with Crippen LogP contribution in [0.3, 0.4) is 0 Å². The third-order valence-electron chi connectivity index (χ3n) is 3.81. The number of nitrogens with one attached hydrogen (secondary N) is 1. The van der Waals surface area contributed by atoms with Crippen molar-refractivity contribution in [3.05, 3.63) is 23.8 Å². The summed E-state index contributed by atoms with van der Waals surface area (Å²) in [5, 5.41) is 2.77. The Morgan fingerprint density at radius 2 is 2.08 bits per heavy atom. The molecule has 0 spiro atoms. The zero-order valence-electron chi connectivity index (χ0n) is 13.5. The van der Waals surface area contributed by atoms with E-state index in [-0.39, 0.29) is 24.0 Å². The molecule has 0 saturated carbocycles. The minimum Gasteiger partial charge on any atom is -0.490 e. The number of carbonyl (C=O) groups excluding carboxylic acids is 1. The van der Waals surface area contributed by atoms with Crippen LogP contribution in [-0.2, 0) is 16.1 Å². The molecule has 1 fully saturated rings. The molecule has 1 saturated heterocycles. The molecule has 1 heterocycles. The number of rotatable bonds is 7. The van der Waals surface area contributed by atoms with Crippen LogP contribution >= 0.6 is 0 Å². The lowest BCUT2D eigenvalue weighted by Gasteiger charge is -2.31. The maximum Gasteiger partial charge on any atom is 0.387 e. The van der Waals surface area contributed by atoms with E-state index >= 15 is 0 Å². The number of hydrogen-bond donors (Lipinski definition) is 2. The summed E-state index contributed by atoms with van der Waals surface area (Å²) in [5.74, 6) is -0.0867. The Bertz CT molecular complexity index is 563. The molecule has 134 valence electrons. The zero-order chi connectivity index (χ0) is 17.6. The Kier molecular flexibility index (Phi) is 6.33. The molecular formula is C16H22F2N2O4. The number of halogens is 2. The first-order valence-corrected chi connectivity index (χ1v) is 7.80. The summed E-state index contributed by atoms with van der Waals surface area (Å²) < 4.78 is 39.7. The van der Waals surface area contributed by atoms with E-state index < -0.39 is 12.2 Å². The first-order valence-electron chi connectivity index (χ1n) is 7.80. The van der Waals surface area contributed by atoms with Gasteiger partial charge in [0.2, 0.25) is 5.91 Å². The molecule has 2 rings (SSSR count). The molecule has 0 bridgehead atoms. The van der Waals surface area contributed by atoms with Crippen molar-refractivity contribution in [2.24, 2.45) is 5.73 Å². The smallest absolute Gasteiger partial charge is 0.387 e. The van der Waals surface area contributed by atoms with Gasteiger partial charge in [-0.2, -0.15) is 8.78 Å². The number of hydrogen-bond acceptors (Lipinski definition) is 5. The van der Waals surface area contributed by atoms with Crippen LogP contribution in [-0.4, -0.2) is 37.9 Å². The van der Waals surface area contributed by atoms with Gasteiger partial charge in [0, 0.05) is 19.8 Å². The predicted molar refractivity (Wildman–Crippen MR) is 83.1 cm³/mol. The summed E-state index contributed by atoms with van der Waals surface area (Å²) in [5.41, 5.74) is 5.87. The van der Waals surface area contributed by atoms with Gasteiger partial charge in [0.05, 0.1) is 12.1 Å². The maximum absolute atomic E-state index is 12.4. The number of nitrogens with two attached hydrogens (primary N) is 1. The van der Waals surface area contributed by atoms with Crippen LogP contribution in [0.5, 0.6) is 11.5 Å². The molecular weight excluding hydrogens is 322 g/mol. The predicted octanol–water partition coefficient (Wildman–Crippen LogP) is 1.81. The highest BCUT2D eigenvalue weighted by Gasteiger charge is 2.35. The average Bonchev–Trinajstić information content (AvgIpc) is 2.55. The normalized spacial score (nSPS) is 16.7. The summed E-state index contributed by atoms with van der Waals surface area (Å²) in [6.07, 6.45) is 0.925. The molecule has 0 radical (unpaired) electrons. The monoisotopic (exact) mass is 344 g/mol. The second-order valence-corrected chi connectivity index (χ2v) is 5.54. The molecule has 6 nitrogen and oxygen atoms in total. The van der Waals surface area contributed by atoms with Gasteiger partial charge in [0.25, 0.3) is 0 Å². The van der Waals surface area contributed by atoms with Gasteiger partial charge in [-0.25, -0.2) is 0 Å². The molecule has 1 amide bonds. The van der Waals surface area contributed by atoms with Gasteiger partial charge in [0.1, 0.15) is 0 Å². The Labute approximate surface area is 139 Å². The summed E-state index contributed by atoms with van der Waals surface area (Å²) in [6, 6.07) is 4.55. The lowest BCUT2D eigenvalue weighted by Crippen LogP contribution is -2.56. The van der Waals surface area contributed by atoms with Crippen LogP contribution in [0, 0.1) is 0 Å². The number of amides is 1. The Morgan fingerprint density at radius 3 is 2.71 bits per heavy atom. The highest BCUT2D eigenvalue weighted by atomic mass is 19.3. The Hall–Kier alpha value is -1.93. The van der Waals surface area contributed by atoms with E-state index in [2.05, 4.69) is 10.1 Å². The van der Waals surface area contributed by atoms with Gasteiger partial charge in [-0.1, -0.05) is 6.07 Å². The minimum atomic E-state index is -2.93.